The van der Waals surface area contributed by atoms with Crippen molar-refractivity contribution in [1.82, 2.24) is 9.88 Å². The lowest BCUT2D eigenvalue weighted by atomic mass is 10.1. The highest BCUT2D eigenvalue weighted by molar-refractivity contribution is 5.99. The molecule has 0 saturated heterocycles. The fourth-order valence-corrected chi connectivity index (χ4v) is 2.34. The van der Waals surface area contributed by atoms with Crippen LogP contribution < -0.4 is 5.32 Å². The fourth-order valence-electron chi connectivity index (χ4n) is 2.34. The predicted molar refractivity (Wildman–Crippen MR) is 93.8 cm³/mol. The standard InChI is InChI=1S/C18H23N3O5/c1-5-6-21-12(2)7-14(13(21)3)8-15(9-19)18(24)26-11-16(22)20-10-17(23)25-4/h7-8H,5-6,10-11H2,1-4H3,(H,20,22)/b15-8+. The van der Waals surface area contributed by atoms with Crippen molar-refractivity contribution in [1.29, 1.82) is 5.26 Å². The lowest BCUT2D eigenvalue weighted by Gasteiger charge is -2.07. The van der Waals surface area contributed by atoms with Crippen LogP contribution in [0.15, 0.2) is 11.6 Å². The summed E-state index contributed by atoms with van der Waals surface area (Å²) in [6, 6.07) is 3.68. The molecule has 0 aromatic carbocycles. The summed E-state index contributed by atoms with van der Waals surface area (Å²) in [4.78, 5) is 34.4. The number of esters is 2. The predicted octanol–water partition coefficient (Wildman–Crippen LogP) is 1.25. The Morgan fingerprint density at radius 3 is 2.62 bits per heavy atom. The minimum absolute atomic E-state index is 0.206. The van der Waals surface area contributed by atoms with E-state index in [0.29, 0.717) is 0 Å². The summed E-state index contributed by atoms with van der Waals surface area (Å²) < 4.78 is 11.3. The first-order valence-electron chi connectivity index (χ1n) is 8.13. The number of carbonyl (C=O) groups is 3. The SMILES string of the molecule is CCCn1c(C)cc(/C=C(\C#N)C(=O)OCC(=O)NCC(=O)OC)c1C. The Bertz CT molecular complexity index is 756. The molecule has 1 N–H and O–H groups in total. The Labute approximate surface area is 152 Å². The number of nitriles is 1. The number of nitrogens with one attached hydrogen (secondary N) is 1. The minimum Gasteiger partial charge on any atom is -0.468 e. The molecule has 1 aromatic heterocycles. The van der Waals surface area contributed by atoms with Gasteiger partial charge in [-0.15, -0.1) is 0 Å². The molecule has 1 aromatic rings. The number of carbonyl (C=O) groups excluding carboxylic acids is 3. The highest BCUT2D eigenvalue weighted by Gasteiger charge is 2.15. The van der Waals surface area contributed by atoms with E-state index >= 15 is 0 Å². The molecule has 0 fully saturated rings. The largest absolute Gasteiger partial charge is 0.468 e. The molecule has 1 amide bonds. The van der Waals surface area contributed by atoms with E-state index in [4.69, 9.17) is 4.74 Å². The summed E-state index contributed by atoms with van der Waals surface area (Å²) >= 11 is 0. The summed E-state index contributed by atoms with van der Waals surface area (Å²) in [6.07, 6.45) is 2.41. The molecular formula is C18H23N3O5. The molecule has 0 aliphatic carbocycles. The number of amides is 1. The van der Waals surface area contributed by atoms with Gasteiger partial charge < -0.3 is 19.4 Å². The zero-order chi connectivity index (χ0) is 19.7. The molecule has 0 bridgehead atoms. The molecule has 0 aliphatic rings. The minimum atomic E-state index is -0.902. The van der Waals surface area contributed by atoms with Gasteiger partial charge in [-0.05, 0) is 38.0 Å². The van der Waals surface area contributed by atoms with Gasteiger partial charge in [0.1, 0.15) is 18.2 Å². The second kappa shape index (κ2) is 10.0. The maximum absolute atomic E-state index is 12.0. The van der Waals surface area contributed by atoms with Gasteiger partial charge in [0.15, 0.2) is 6.61 Å². The lowest BCUT2D eigenvalue weighted by Crippen LogP contribution is -2.33. The molecule has 0 aliphatic heterocycles. The van der Waals surface area contributed by atoms with Gasteiger partial charge in [-0.25, -0.2) is 4.79 Å². The van der Waals surface area contributed by atoms with Crippen LogP contribution in [-0.2, 0) is 30.4 Å². The van der Waals surface area contributed by atoms with Crippen molar-refractivity contribution in [3.63, 3.8) is 0 Å². The van der Waals surface area contributed by atoms with Gasteiger partial charge in [0, 0.05) is 17.9 Å². The number of hydrogen-bond donors (Lipinski definition) is 1. The van der Waals surface area contributed by atoms with E-state index in [0.717, 1.165) is 29.9 Å². The van der Waals surface area contributed by atoms with Crippen molar-refractivity contribution < 1.29 is 23.9 Å². The Morgan fingerprint density at radius 2 is 2.04 bits per heavy atom. The number of aromatic nitrogens is 1. The maximum atomic E-state index is 12.0. The van der Waals surface area contributed by atoms with E-state index in [1.54, 1.807) is 6.07 Å². The molecule has 140 valence electrons. The van der Waals surface area contributed by atoms with Crippen LogP contribution in [0.5, 0.6) is 0 Å². The van der Waals surface area contributed by atoms with Gasteiger partial charge in [-0.2, -0.15) is 5.26 Å². The number of nitrogens with zero attached hydrogens (tertiary/aromatic N) is 2. The summed E-state index contributed by atoms with van der Waals surface area (Å²) in [6.45, 7) is 5.86. The van der Waals surface area contributed by atoms with E-state index in [-0.39, 0.29) is 12.1 Å². The van der Waals surface area contributed by atoms with Gasteiger partial charge in [-0.3, -0.25) is 9.59 Å². The number of hydrogen-bond acceptors (Lipinski definition) is 6. The first-order valence-corrected chi connectivity index (χ1v) is 8.13. The van der Waals surface area contributed by atoms with E-state index in [9.17, 15) is 19.6 Å². The van der Waals surface area contributed by atoms with Crippen LogP contribution >= 0.6 is 0 Å². The first kappa shape index (κ1) is 21.0. The second-order valence-electron chi connectivity index (χ2n) is 5.58. The fraction of sp³-hybridized carbons (Fsp3) is 0.444. The zero-order valence-electron chi connectivity index (χ0n) is 15.4. The Morgan fingerprint density at radius 1 is 1.35 bits per heavy atom. The van der Waals surface area contributed by atoms with Crippen molar-refractivity contribution in [2.45, 2.75) is 33.7 Å². The van der Waals surface area contributed by atoms with E-state index in [1.807, 2.05) is 19.9 Å². The molecule has 0 spiro atoms. The molecule has 0 saturated carbocycles. The van der Waals surface area contributed by atoms with Crippen LogP contribution in [0, 0.1) is 25.2 Å². The number of ether oxygens (including phenoxy) is 2. The Hall–Kier alpha value is -3.08. The van der Waals surface area contributed by atoms with Crippen molar-refractivity contribution in [2.75, 3.05) is 20.3 Å². The molecule has 1 heterocycles. The van der Waals surface area contributed by atoms with E-state index < -0.39 is 24.5 Å². The van der Waals surface area contributed by atoms with Gasteiger partial charge in [0.25, 0.3) is 5.91 Å². The summed E-state index contributed by atoms with van der Waals surface area (Å²) in [5.41, 5.74) is 2.52. The van der Waals surface area contributed by atoms with Gasteiger partial charge in [0.2, 0.25) is 0 Å². The average Bonchev–Trinajstić information content (AvgIpc) is 2.89. The van der Waals surface area contributed by atoms with E-state index in [1.165, 1.54) is 13.2 Å². The molecular weight excluding hydrogens is 338 g/mol. The molecule has 8 nitrogen and oxygen atoms in total. The van der Waals surface area contributed by atoms with Crippen molar-refractivity contribution in [2.24, 2.45) is 0 Å². The van der Waals surface area contributed by atoms with Gasteiger partial charge in [0.05, 0.1) is 7.11 Å². The van der Waals surface area contributed by atoms with Crippen LogP contribution in [0.1, 0.15) is 30.3 Å². The molecule has 0 atom stereocenters. The third-order valence-electron chi connectivity index (χ3n) is 3.69. The van der Waals surface area contributed by atoms with Crippen LogP contribution in [0.2, 0.25) is 0 Å². The molecule has 0 radical (unpaired) electrons. The average molecular weight is 361 g/mol. The molecule has 1 rings (SSSR count). The first-order chi connectivity index (χ1) is 12.3. The van der Waals surface area contributed by atoms with Crippen LogP contribution in [0.4, 0.5) is 0 Å². The smallest absolute Gasteiger partial charge is 0.349 e. The molecule has 26 heavy (non-hydrogen) atoms. The maximum Gasteiger partial charge on any atom is 0.349 e. The van der Waals surface area contributed by atoms with Gasteiger partial charge in [-0.1, -0.05) is 6.92 Å². The van der Waals surface area contributed by atoms with Crippen molar-refractivity contribution >= 4 is 23.9 Å². The van der Waals surface area contributed by atoms with Crippen molar-refractivity contribution in [3.05, 3.63) is 28.6 Å². The monoisotopic (exact) mass is 361 g/mol. The normalized spacial score (nSPS) is 10.8. The lowest BCUT2D eigenvalue weighted by molar-refractivity contribution is -0.145. The number of methoxy groups -OCH3 is 1. The molecule has 8 heteroatoms. The summed E-state index contributed by atoms with van der Waals surface area (Å²) in [7, 11) is 1.19. The highest BCUT2D eigenvalue weighted by Crippen LogP contribution is 2.19. The highest BCUT2D eigenvalue weighted by atomic mass is 16.5. The number of aryl methyl sites for hydroxylation is 1. The molecule has 0 unspecified atom stereocenters. The third-order valence-corrected chi connectivity index (χ3v) is 3.69. The van der Waals surface area contributed by atoms with Gasteiger partial charge >= 0.3 is 11.9 Å². The number of rotatable bonds is 8. The zero-order valence-corrected chi connectivity index (χ0v) is 15.4. The summed E-state index contributed by atoms with van der Waals surface area (Å²) in [5, 5.41) is 11.4. The Kier molecular flexibility index (Phi) is 8.09. The van der Waals surface area contributed by atoms with Crippen molar-refractivity contribution in [3.8, 4) is 6.07 Å². The van der Waals surface area contributed by atoms with Crippen LogP contribution in [0.25, 0.3) is 6.08 Å². The quantitative estimate of drug-likeness (QED) is 0.424. The summed E-state index contributed by atoms with van der Waals surface area (Å²) in [5.74, 6) is -2.19. The second-order valence-corrected chi connectivity index (χ2v) is 5.58. The van der Waals surface area contributed by atoms with Crippen LogP contribution in [-0.4, -0.2) is 42.7 Å². The van der Waals surface area contributed by atoms with Crippen LogP contribution in [0.3, 0.4) is 0 Å². The van der Waals surface area contributed by atoms with E-state index in [2.05, 4.69) is 21.5 Å². The third kappa shape index (κ3) is 5.77. The Balaban J connectivity index is 2.76. The topological polar surface area (TPSA) is 110 Å².